The van der Waals surface area contributed by atoms with Crippen LogP contribution < -0.4 is 5.32 Å². The largest absolute Gasteiger partial charge is 0.459 e. The molecule has 0 aromatic heterocycles. The molecule has 7 heteroatoms. The van der Waals surface area contributed by atoms with E-state index in [1.54, 1.807) is 19.9 Å². The molecule has 1 N–H and O–H groups in total. The molecule has 1 aliphatic heterocycles. The van der Waals surface area contributed by atoms with E-state index in [0.29, 0.717) is 6.42 Å². The fraction of sp³-hybridized carbons (Fsp3) is 0.429. The van der Waals surface area contributed by atoms with E-state index in [-0.39, 0.29) is 17.8 Å². The smallest absolute Gasteiger partial charge is 0.310 e. The summed E-state index contributed by atoms with van der Waals surface area (Å²) in [5, 5.41) is 13.3. The highest BCUT2D eigenvalue weighted by Crippen LogP contribution is 2.33. The van der Waals surface area contributed by atoms with E-state index >= 15 is 0 Å². The molecule has 1 saturated heterocycles. The van der Waals surface area contributed by atoms with E-state index in [4.69, 9.17) is 4.74 Å². The van der Waals surface area contributed by atoms with Gasteiger partial charge in [0.15, 0.2) is 0 Å². The lowest BCUT2D eigenvalue weighted by molar-refractivity contribution is -0.383. The Kier molecular flexibility index (Phi) is 3.93. The van der Waals surface area contributed by atoms with Gasteiger partial charge in [-0.05, 0) is 19.9 Å². The van der Waals surface area contributed by atoms with Crippen molar-refractivity contribution in [1.82, 2.24) is 0 Å². The van der Waals surface area contributed by atoms with Gasteiger partial charge in [-0.25, -0.2) is 0 Å². The number of cyclic esters (lactones) is 1. The minimum Gasteiger partial charge on any atom is -0.459 e. The maximum absolute atomic E-state index is 12.0. The van der Waals surface area contributed by atoms with E-state index < -0.39 is 28.3 Å². The molecule has 1 fully saturated rings. The first-order valence-electron chi connectivity index (χ1n) is 6.54. The van der Waals surface area contributed by atoms with Crippen molar-refractivity contribution in [1.29, 1.82) is 0 Å². The van der Waals surface area contributed by atoms with Crippen LogP contribution in [0.1, 0.15) is 26.7 Å². The van der Waals surface area contributed by atoms with Gasteiger partial charge in [0.05, 0.1) is 10.8 Å². The number of carbonyl (C=O) groups excluding carboxylic acids is 2. The molecule has 0 aliphatic carbocycles. The summed E-state index contributed by atoms with van der Waals surface area (Å²) in [5.41, 5.74) is -0.626. The number of benzene rings is 1. The Hall–Kier alpha value is -2.44. The molecule has 1 aromatic carbocycles. The molecule has 0 radical (unpaired) electrons. The molecule has 1 aliphatic rings. The first-order chi connectivity index (χ1) is 9.78. The second-order valence-electron chi connectivity index (χ2n) is 5.61. The van der Waals surface area contributed by atoms with E-state index in [1.165, 1.54) is 18.2 Å². The highest BCUT2D eigenvalue weighted by Gasteiger charge is 2.40. The molecule has 0 saturated carbocycles. The van der Waals surface area contributed by atoms with E-state index in [2.05, 4.69) is 5.32 Å². The van der Waals surface area contributed by atoms with Gasteiger partial charge in [0.2, 0.25) is 5.91 Å². The molecule has 1 heterocycles. The fourth-order valence-corrected chi connectivity index (χ4v) is 2.39. The van der Waals surface area contributed by atoms with Crippen molar-refractivity contribution in [3.8, 4) is 0 Å². The van der Waals surface area contributed by atoms with Crippen LogP contribution in [0.15, 0.2) is 24.3 Å². The van der Waals surface area contributed by atoms with Crippen molar-refractivity contribution < 1.29 is 19.2 Å². The zero-order valence-electron chi connectivity index (χ0n) is 11.8. The second kappa shape index (κ2) is 5.51. The summed E-state index contributed by atoms with van der Waals surface area (Å²) in [6.07, 6.45) is 0.407. The number of nitro groups is 1. The number of rotatable bonds is 4. The summed E-state index contributed by atoms with van der Waals surface area (Å²) in [7, 11) is 0. The number of carbonyl (C=O) groups is 2. The first kappa shape index (κ1) is 15.0. The molecule has 21 heavy (non-hydrogen) atoms. The van der Waals surface area contributed by atoms with Gasteiger partial charge in [-0.15, -0.1) is 0 Å². The van der Waals surface area contributed by atoms with E-state index in [0.717, 1.165) is 0 Å². The van der Waals surface area contributed by atoms with Gasteiger partial charge in [0.1, 0.15) is 11.3 Å². The highest BCUT2D eigenvalue weighted by molar-refractivity contribution is 5.95. The lowest BCUT2D eigenvalue weighted by atomic mass is 9.94. The molecular weight excluding hydrogens is 276 g/mol. The number of anilines is 1. The number of nitro benzene ring substituents is 1. The molecule has 0 unspecified atom stereocenters. The zero-order chi connectivity index (χ0) is 15.6. The number of esters is 1. The summed E-state index contributed by atoms with van der Waals surface area (Å²) in [5.74, 6) is -1.36. The lowest BCUT2D eigenvalue weighted by Crippen LogP contribution is -2.20. The second-order valence-corrected chi connectivity index (χ2v) is 5.61. The van der Waals surface area contributed by atoms with E-state index in [1.807, 2.05) is 0 Å². The van der Waals surface area contributed by atoms with Crippen molar-refractivity contribution in [2.75, 3.05) is 5.32 Å². The predicted molar refractivity (Wildman–Crippen MR) is 74.6 cm³/mol. The van der Waals surface area contributed by atoms with Crippen molar-refractivity contribution in [2.45, 2.75) is 32.3 Å². The van der Waals surface area contributed by atoms with Crippen LogP contribution >= 0.6 is 0 Å². The van der Waals surface area contributed by atoms with Crippen LogP contribution in [0.2, 0.25) is 0 Å². The summed E-state index contributed by atoms with van der Waals surface area (Å²) in [4.78, 5) is 33.9. The minimum absolute atomic E-state index is 0.0473. The third-order valence-electron chi connectivity index (χ3n) is 3.25. The Morgan fingerprint density at radius 1 is 1.48 bits per heavy atom. The molecular formula is C14H16N2O5. The number of ether oxygens (including phenoxy) is 1. The van der Waals surface area contributed by atoms with Gasteiger partial charge in [-0.3, -0.25) is 19.7 Å². The molecule has 0 spiro atoms. The molecule has 1 aromatic rings. The van der Waals surface area contributed by atoms with Gasteiger partial charge < -0.3 is 10.1 Å². The number of hydrogen-bond acceptors (Lipinski definition) is 5. The Balaban J connectivity index is 2.03. The molecule has 112 valence electrons. The number of para-hydroxylation sites is 2. The maximum Gasteiger partial charge on any atom is 0.310 e. The predicted octanol–water partition coefficient (Wildman–Crippen LogP) is 2.27. The van der Waals surface area contributed by atoms with Crippen molar-refractivity contribution in [3.05, 3.63) is 34.4 Å². The number of hydrogen-bond donors (Lipinski definition) is 1. The minimum atomic E-state index is -0.569. The lowest BCUT2D eigenvalue weighted by Gasteiger charge is -2.14. The summed E-state index contributed by atoms with van der Waals surface area (Å²) in [6.45, 7) is 3.57. The molecule has 1 atom stereocenters. The van der Waals surface area contributed by atoms with Crippen molar-refractivity contribution in [2.24, 2.45) is 5.92 Å². The van der Waals surface area contributed by atoms with Gasteiger partial charge in [-0.2, -0.15) is 0 Å². The van der Waals surface area contributed by atoms with Crippen LogP contribution in [0.3, 0.4) is 0 Å². The molecule has 7 nitrogen and oxygen atoms in total. The summed E-state index contributed by atoms with van der Waals surface area (Å²) in [6, 6.07) is 5.87. The summed E-state index contributed by atoms with van der Waals surface area (Å²) < 4.78 is 5.15. The SMILES string of the molecule is CC1(C)C[C@H](CC(=O)Nc2ccccc2[N+](=O)[O-])C(=O)O1. The van der Waals surface area contributed by atoms with Gasteiger partial charge in [0, 0.05) is 18.9 Å². The van der Waals surface area contributed by atoms with Gasteiger partial charge in [-0.1, -0.05) is 12.1 Å². The average molecular weight is 292 g/mol. The number of amides is 1. The van der Waals surface area contributed by atoms with Crippen LogP contribution in [0, 0.1) is 16.0 Å². The highest BCUT2D eigenvalue weighted by atomic mass is 16.6. The van der Waals surface area contributed by atoms with Crippen molar-refractivity contribution in [3.63, 3.8) is 0 Å². The quantitative estimate of drug-likeness (QED) is 0.521. The maximum atomic E-state index is 12.0. The van der Waals surface area contributed by atoms with Crippen molar-refractivity contribution >= 4 is 23.3 Å². The van der Waals surface area contributed by atoms with Crippen LogP contribution in [0.5, 0.6) is 0 Å². The molecule has 0 bridgehead atoms. The van der Waals surface area contributed by atoms with Gasteiger partial charge >= 0.3 is 5.97 Å². The average Bonchev–Trinajstić information content (AvgIpc) is 2.62. The Bertz CT molecular complexity index is 597. The Morgan fingerprint density at radius 3 is 2.71 bits per heavy atom. The monoisotopic (exact) mass is 292 g/mol. The van der Waals surface area contributed by atoms with Crippen LogP contribution in [-0.2, 0) is 14.3 Å². The van der Waals surface area contributed by atoms with Gasteiger partial charge in [0.25, 0.3) is 5.69 Å². The normalized spacial score (nSPS) is 19.9. The van der Waals surface area contributed by atoms with Crippen LogP contribution in [0.25, 0.3) is 0 Å². The molecule has 2 rings (SSSR count). The molecule has 1 amide bonds. The fourth-order valence-electron chi connectivity index (χ4n) is 2.39. The van der Waals surface area contributed by atoms with Crippen LogP contribution in [0.4, 0.5) is 11.4 Å². The topological polar surface area (TPSA) is 98.5 Å². The Labute approximate surface area is 121 Å². The Morgan fingerprint density at radius 2 is 2.14 bits per heavy atom. The third kappa shape index (κ3) is 3.56. The first-order valence-corrected chi connectivity index (χ1v) is 6.54. The standard InChI is InChI=1S/C14H16N2O5/c1-14(2)8-9(13(18)21-14)7-12(17)15-10-5-3-4-6-11(10)16(19)20/h3-6,9H,7-8H2,1-2H3,(H,15,17)/t9-/m0/s1. The van der Waals surface area contributed by atoms with Crippen LogP contribution in [-0.4, -0.2) is 22.4 Å². The number of nitrogens with one attached hydrogen (secondary N) is 1. The number of nitrogens with zero attached hydrogens (tertiary/aromatic N) is 1. The third-order valence-corrected chi connectivity index (χ3v) is 3.25. The summed E-state index contributed by atoms with van der Waals surface area (Å²) >= 11 is 0. The zero-order valence-corrected chi connectivity index (χ0v) is 11.8. The van der Waals surface area contributed by atoms with E-state index in [9.17, 15) is 19.7 Å².